The van der Waals surface area contributed by atoms with Crippen LogP contribution in [0.2, 0.25) is 5.02 Å². The summed E-state index contributed by atoms with van der Waals surface area (Å²) in [4.78, 5) is 16.0. The quantitative estimate of drug-likeness (QED) is 0.141. The van der Waals surface area contributed by atoms with E-state index in [-0.39, 0.29) is 18.2 Å². The van der Waals surface area contributed by atoms with E-state index in [0.29, 0.717) is 45.8 Å². The summed E-state index contributed by atoms with van der Waals surface area (Å²) < 4.78 is 44.6. The fraction of sp³-hybridized carbons (Fsp3) is 0.147. The maximum absolute atomic E-state index is 13.5. The number of fused-ring (bicyclic) bond motifs is 1. The van der Waals surface area contributed by atoms with E-state index in [0.717, 1.165) is 27.2 Å². The van der Waals surface area contributed by atoms with Gasteiger partial charge in [-0.1, -0.05) is 48.0 Å². The summed E-state index contributed by atoms with van der Waals surface area (Å²) in [6.07, 6.45) is 1.50. The minimum absolute atomic E-state index is 0.0298. The van der Waals surface area contributed by atoms with Crippen molar-refractivity contribution in [2.75, 3.05) is 24.7 Å². The van der Waals surface area contributed by atoms with Crippen molar-refractivity contribution in [1.29, 1.82) is 0 Å². The second-order valence-corrected chi connectivity index (χ2v) is 14.1. The number of hydrogen-bond donors (Lipinski definition) is 1. The van der Waals surface area contributed by atoms with Crippen LogP contribution in [0.1, 0.15) is 10.6 Å². The average Bonchev–Trinajstić information content (AvgIpc) is 3.52. The van der Waals surface area contributed by atoms with Crippen LogP contribution in [-0.4, -0.2) is 47.6 Å². The molecule has 0 spiro atoms. The first-order chi connectivity index (χ1) is 22.2. The second-order valence-electron chi connectivity index (χ2n) is 10.6. The van der Waals surface area contributed by atoms with Gasteiger partial charge >= 0.3 is 0 Å². The third-order valence-electron chi connectivity index (χ3n) is 7.21. The Kier molecular flexibility index (Phi) is 9.55. The smallest absolute Gasteiger partial charge is 0.179 e. The van der Waals surface area contributed by atoms with E-state index in [2.05, 4.69) is 15.3 Å². The van der Waals surface area contributed by atoms with Gasteiger partial charge in [0.2, 0.25) is 0 Å². The molecule has 12 heteroatoms. The fourth-order valence-electron chi connectivity index (χ4n) is 4.78. The van der Waals surface area contributed by atoms with Crippen LogP contribution in [0.5, 0.6) is 5.75 Å². The van der Waals surface area contributed by atoms with E-state index in [1.807, 2.05) is 41.6 Å². The molecule has 2 heterocycles. The largest absolute Gasteiger partial charge is 0.487 e. The molecule has 4 aromatic carbocycles. The molecule has 2 aromatic heterocycles. The summed E-state index contributed by atoms with van der Waals surface area (Å²) in [5.41, 5.74) is 3.89. The molecule has 1 N–H and O–H groups in total. The molecule has 6 aromatic rings. The lowest BCUT2D eigenvalue weighted by Gasteiger charge is -2.15. The molecule has 234 valence electrons. The first-order valence-electron chi connectivity index (χ1n) is 14.3. The summed E-state index contributed by atoms with van der Waals surface area (Å²) in [5.74, 6) is 0.793. The molecule has 0 aliphatic carbocycles. The fourth-order valence-corrected chi connectivity index (χ4v) is 7.26. The summed E-state index contributed by atoms with van der Waals surface area (Å²) >= 11 is 8.04. The number of halogens is 2. The summed E-state index contributed by atoms with van der Waals surface area (Å²) in [6, 6.07) is 25.9. The molecule has 0 aliphatic heterocycles. The number of hydrogen-bond acceptors (Lipinski definition) is 9. The molecule has 0 bridgehead atoms. The molecule has 0 saturated heterocycles. The average molecular weight is 674 g/mol. The molecule has 6 rings (SSSR count). The number of benzene rings is 4. The van der Waals surface area contributed by atoms with Crippen molar-refractivity contribution in [1.82, 2.24) is 19.9 Å². The van der Waals surface area contributed by atoms with Crippen molar-refractivity contribution in [2.45, 2.75) is 18.0 Å². The van der Waals surface area contributed by atoms with Crippen molar-refractivity contribution >= 4 is 55.2 Å². The molecular weight excluding hydrogens is 645 g/mol. The zero-order valence-corrected chi connectivity index (χ0v) is 27.1. The van der Waals surface area contributed by atoms with Crippen LogP contribution in [0.15, 0.2) is 108 Å². The number of ether oxygens (including phenoxy) is 1. The van der Waals surface area contributed by atoms with Crippen LogP contribution >= 0.6 is 22.9 Å². The van der Waals surface area contributed by atoms with Gasteiger partial charge in [0, 0.05) is 28.6 Å². The Morgan fingerprint density at radius 2 is 1.83 bits per heavy atom. The minimum atomic E-state index is -3.35. The Labute approximate surface area is 275 Å². The second kappa shape index (κ2) is 13.9. The highest BCUT2D eigenvalue weighted by Gasteiger charge is 2.16. The normalized spacial score (nSPS) is 11.7. The number of sulfone groups is 1. The highest BCUT2D eigenvalue weighted by atomic mass is 35.5. The van der Waals surface area contributed by atoms with E-state index >= 15 is 0 Å². The minimum Gasteiger partial charge on any atom is -0.487 e. The molecule has 0 fully saturated rings. The third kappa shape index (κ3) is 7.68. The maximum atomic E-state index is 13.5. The number of anilines is 2. The van der Waals surface area contributed by atoms with Gasteiger partial charge in [-0.3, -0.25) is 4.90 Å². The molecule has 46 heavy (non-hydrogen) atoms. The van der Waals surface area contributed by atoms with Crippen LogP contribution in [0, 0.1) is 5.82 Å². The van der Waals surface area contributed by atoms with Crippen molar-refractivity contribution in [3.63, 3.8) is 0 Å². The standard InChI is InChI=1S/C34H29ClFN5O3S2/c1-41(14-15-46(42,43)27-8-3-2-4-9-27)19-33-40-31(21-45-33)24-10-12-30-28(17-24)34(38-22-37-30)39-26-11-13-32(29(35)18-26)44-20-23-6-5-7-25(36)16-23/h2-13,16-18,21-22H,14-15,19-20H2,1H3,(H,37,38,39). The van der Waals surface area contributed by atoms with Gasteiger partial charge in [-0.25, -0.2) is 27.8 Å². The molecular formula is C34H29ClFN5O3S2. The summed E-state index contributed by atoms with van der Waals surface area (Å²) in [7, 11) is -1.46. The maximum Gasteiger partial charge on any atom is 0.179 e. The Morgan fingerprint density at radius 3 is 2.63 bits per heavy atom. The van der Waals surface area contributed by atoms with Gasteiger partial charge in [-0.05, 0) is 67.2 Å². The van der Waals surface area contributed by atoms with E-state index in [4.69, 9.17) is 21.3 Å². The van der Waals surface area contributed by atoms with Crippen LogP contribution < -0.4 is 10.1 Å². The van der Waals surface area contributed by atoms with E-state index in [1.165, 1.54) is 29.8 Å². The highest BCUT2D eigenvalue weighted by Crippen LogP contribution is 2.33. The molecule has 0 saturated carbocycles. The molecule has 0 unspecified atom stereocenters. The SMILES string of the molecule is CN(CCS(=O)(=O)c1ccccc1)Cc1nc(-c2ccc3ncnc(Nc4ccc(OCc5cccc(F)c5)c(Cl)c4)c3c2)cs1. The van der Waals surface area contributed by atoms with Crippen molar-refractivity contribution in [2.24, 2.45) is 0 Å². The number of thiazole rings is 1. The van der Waals surface area contributed by atoms with Gasteiger partial charge in [0.25, 0.3) is 0 Å². The number of aromatic nitrogens is 3. The lowest BCUT2D eigenvalue weighted by Crippen LogP contribution is -2.25. The van der Waals surface area contributed by atoms with Crippen molar-refractivity contribution in [3.05, 3.63) is 124 Å². The monoisotopic (exact) mass is 673 g/mol. The van der Waals surface area contributed by atoms with Crippen LogP contribution in [0.4, 0.5) is 15.9 Å². The van der Waals surface area contributed by atoms with Gasteiger partial charge < -0.3 is 10.1 Å². The Bertz CT molecular complexity index is 2090. The zero-order chi connectivity index (χ0) is 32.1. The predicted octanol–water partition coefficient (Wildman–Crippen LogP) is 7.77. The lowest BCUT2D eigenvalue weighted by molar-refractivity contribution is 0.306. The topological polar surface area (TPSA) is 97.3 Å². The number of nitrogens with one attached hydrogen (secondary N) is 1. The van der Waals surface area contributed by atoms with Gasteiger partial charge in [-0.15, -0.1) is 11.3 Å². The van der Waals surface area contributed by atoms with Crippen molar-refractivity contribution in [3.8, 4) is 17.0 Å². The Balaban J connectivity index is 1.13. The summed E-state index contributed by atoms with van der Waals surface area (Å²) in [6.45, 7) is 1.11. The number of rotatable bonds is 12. The van der Waals surface area contributed by atoms with Gasteiger partial charge in [0.05, 0.1) is 33.4 Å². The lowest BCUT2D eigenvalue weighted by atomic mass is 10.1. The van der Waals surface area contributed by atoms with Crippen molar-refractivity contribution < 1.29 is 17.5 Å². The van der Waals surface area contributed by atoms with Gasteiger partial charge in [0.15, 0.2) is 9.84 Å². The molecule has 8 nitrogen and oxygen atoms in total. The van der Waals surface area contributed by atoms with E-state index in [1.54, 1.807) is 54.6 Å². The Hall–Kier alpha value is -4.42. The van der Waals surface area contributed by atoms with Crippen LogP contribution in [0.3, 0.4) is 0 Å². The molecule has 0 amide bonds. The predicted molar refractivity (Wildman–Crippen MR) is 181 cm³/mol. The summed E-state index contributed by atoms with van der Waals surface area (Å²) in [5, 5.41) is 7.41. The highest BCUT2D eigenvalue weighted by molar-refractivity contribution is 7.91. The van der Waals surface area contributed by atoms with E-state index < -0.39 is 9.84 Å². The first-order valence-corrected chi connectivity index (χ1v) is 17.2. The Morgan fingerprint density at radius 1 is 0.978 bits per heavy atom. The first kappa shape index (κ1) is 31.6. The van der Waals surface area contributed by atoms with Crippen LogP contribution in [0.25, 0.3) is 22.2 Å². The van der Waals surface area contributed by atoms with Gasteiger partial charge in [-0.2, -0.15) is 0 Å². The van der Waals surface area contributed by atoms with Crippen LogP contribution in [-0.2, 0) is 23.0 Å². The molecule has 0 aliphatic rings. The zero-order valence-electron chi connectivity index (χ0n) is 24.7. The van der Waals surface area contributed by atoms with E-state index in [9.17, 15) is 12.8 Å². The molecule has 0 atom stereocenters. The number of nitrogens with zero attached hydrogens (tertiary/aromatic N) is 4. The third-order valence-corrected chi connectivity index (χ3v) is 10.0. The van der Waals surface area contributed by atoms with Gasteiger partial charge in [0.1, 0.15) is 35.3 Å². The molecule has 0 radical (unpaired) electrons.